The summed E-state index contributed by atoms with van der Waals surface area (Å²) in [4.78, 5) is 12.0. The minimum atomic E-state index is -0.136. The molecule has 0 unspecified atom stereocenters. The van der Waals surface area contributed by atoms with Crippen molar-refractivity contribution in [2.75, 3.05) is 20.3 Å². The fourth-order valence-electron chi connectivity index (χ4n) is 2.76. The van der Waals surface area contributed by atoms with Gasteiger partial charge in [0.1, 0.15) is 11.5 Å². The van der Waals surface area contributed by atoms with E-state index < -0.39 is 0 Å². The molecule has 0 saturated heterocycles. The lowest BCUT2D eigenvalue weighted by Crippen LogP contribution is -2.30. The summed E-state index contributed by atoms with van der Waals surface area (Å²) in [5, 5.41) is 4.98. The van der Waals surface area contributed by atoms with Gasteiger partial charge in [-0.2, -0.15) is 0 Å². The van der Waals surface area contributed by atoms with Crippen LogP contribution in [0.3, 0.4) is 0 Å². The van der Waals surface area contributed by atoms with Gasteiger partial charge in [-0.25, -0.2) is 0 Å². The molecule has 1 N–H and O–H groups in total. The third kappa shape index (κ3) is 4.29. The molecule has 3 aromatic carbocycles. The zero-order valence-corrected chi connectivity index (χ0v) is 14.2. The van der Waals surface area contributed by atoms with Crippen molar-refractivity contribution < 1.29 is 14.3 Å². The summed E-state index contributed by atoms with van der Waals surface area (Å²) in [6, 6.07) is 21.6. The molecule has 0 atom stereocenters. The van der Waals surface area contributed by atoms with E-state index in [2.05, 4.69) is 5.32 Å². The molecular formula is C21H21NO3. The molecule has 128 valence electrons. The van der Waals surface area contributed by atoms with Crippen LogP contribution in [0, 0.1) is 0 Å². The number of amides is 1. The highest BCUT2D eigenvalue weighted by Crippen LogP contribution is 2.25. The largest absolute Gasteiger partial charge is 0.496 e. The van der Waals surface area contributed by atoms with Crippen LogP contribution >= 0.6 is 0 Å². The highest BCUT2D eigenvalue weighted by Gasteiger charge is 2.06. The van der Waals surface area contributed by atoms with Crippen LogP contribution in [0.5, 0.6) is 11.5 Å². The lowest BCUT2D eigenvalue weighted by Gasteiger charge is -2.11. The van der Waals surface area contributed by atoms with Gasteiger partial charge >= 0.3 is 0 Å². The summed E-state index contributed by atoms with van der Waals surface area (Å²) in [5.74, 6) is 1.42. The van der Waals surface area contributed by atoms with E-state index in [0.717, 1.165) is 27.8 Å². The summed E-state index contributed by atoms with van der Waals surface area (Å²) >= 11 is 0. The van der Waals surface area contributed by atoms with Gasteiger partial charge < -0.3 is 14.8 Å². The van der Waals surface area contributed by atoms with E-state index in [4.69, 9.17) is 9.47 Å². The maximum absolute atomic E-state index is 12.0. The second-order valence-corrected chi connectivity index (χ2v) is 5.68. The van der Waals surface area contributed by atoms with Crippen molar-refractivity contribution >= 4 is 16.7 Å². The van der Waals surface area contributed by atoms with Gasteiger partial charge in [-0.05, 0) is 29.5 Å². The fourth-order valence-corrected chi connectivity index (χ4v) is 2.76. The number of methoxy groups -OCH3 is 1. The van der Waals surface area contributed by atoms with Gasteiger partial charge in [0.05, 0.1) is 7.11 Å². The molecule has 0 heterocycles. The Balaban J connectivity index is 1.51. The molecule has 0 aliphatic rings. The van der Waals surface area contributed by atoms with Gasteiger partial charge in [0.25, 0.3) is 5.91 Å². The van der Waals surface area contributed by atoms with E-state index in [-0.39, 0.29) is 12.5 Å². The number of rotatable bonds is 7. The normalized spacial score (nSPS) is 10.4. The van der Waals surface area contributed by atoms with Crippen LogP contribution in [0.25, 0.3) is 10.8 Å². The SMILES string of the molecule is COc1ccccc1CCNC(=O)COc1cccc2ccccc12. The molecule has 0 spiro atoms. The number of hydrogen-bond acceptors (Lipinski definition) is 3. The van der Waals surface area contributed by atoms with Crippen LogP contribution < -0.4 is 14.8 Å². The van der Waals surface area contributed by atoms with E-state index in [1.807, 2.05) is 66.7 Å². The van der Waals surface area contributed by atoms with Crippen molar-refractivity contribution in [1.29, 1.82) is 0 Å². The Kier molecular flexibility index (Phi) is 5.52. The Hall–Kier alpha value is -3.01. The van der Waals surface area contributed by atoms with Crippen molar-refractivity contribution in [3.8, 4) is 11.5 Å². The molecular weight excluding hydrogens is 314 g/mol. The van der Waals surface area contributed by atoms with Crippen molar-refractivity contribution in [1.82, 2.24) is 5.32 Å². The molecule has 3 aromatic rings. The average molecular weight is 335 g/mol. The molecule has 0 aliphatic carbocycles. The average Bonchev–Trinajstić information content (AvgIpc) is 2.66. The number of hydrogen-bond donors (Lipinski definition) is 1. The molecule has 0 bridgehead atoms. The van der Waals surface area contributed by atoms with Crippen molar-refractivity contribution in [2.45, 2.75) is 6.42 Å². The van der Waals surface area contributed by atoms with Gasteiger partial charge in [0, 0.05) is 11.9 Å². The summed E-state index contributed by atoms with van der Waals surface area (Å²) in [6.45, 7) is 0.540. The van der Waals surface area contributed by atoms with Crippen LogP contribution in [0.4, 0.5) is 0 Å². The number of ether oxygens (including phenoxy) is 2. The fraction of sp³-hybridized carbons (Fsp3) is 0.190. The first-order valence-electron chi connectivity index (χ1n) is 8.27. The summed E-state index contributed by atoms with van der Waals surface area (Å²) < 4.78 is 11.0. The third-order valence-electron chi connectivity index (χ3n) is 4.02. The monoisotopic (exact) mass is 335 g/mol. The zero-order valence-electron chi connectivity index (χ0n) is 14.2. The number of para-hydroxylation sites is 1. The maximum atomic E-state index is 12.0. The van der Waals surface area contributed by atoms with E-state index in [1.165, 1.54) is 0 Å². The summed E-state index contributed by atoms with van der Waals surface area (Å²) in [6.07, 6.45) is 0.712. The van der Waals surface area contributed by atoms with Crippen LogP contribution in [0.1, 0.15) is 5.56 Å². The van der Waals surface area contributed by atoms with Gasteiger partial charge in [0.15, 0.2) is 6.61 Å². The highest BCUT2D eigenvalue weighted by atomic mass is 16.5. The molecule has 1 amide bonds. The second-order valence-electron chi connectivity index (χ2n) is 5.68. The maximum Gasteiger partial charge on any atom is 0.257 e. The zero-order chi connectivity index (χ0) is 17.5. The molecule has 0 aliphatic heterocycles. The molecule has 0 fully saturated rings. The van der Waals surface area contributed by atoms with Crippen LogP contribution in [0.15, 0.2) is 66.7 Å². The van der Waals surface area contributed by atoms with E-state index >= 15 is 0 Å². The smallest absolute Gasteiger partial charge is 0.257 e. The molecule has 0 saturated carbocycles. The number of fused-ring (bicyclic) bond motifs is 1. The van der Waals surface area contributed by atoms with Gasteiger partial charge in [-0.1, -0.05) is 54.6 Å². The number of carbonyl (C=O) groups is 1. The third-order valence-corrected chi connectivity index (χ3v) is 4.02. The van der Waals surface area contributed by atoms with Crippen molar-refractivity contribution in [2.24, 2.45) is 0 Å². The molecule has 0 radical (unpaired) electrons. The van der Waals surface area contributed by atoms with E-state index in [1.54, 1.807) is 7.11 Å². The topological polar surface area (TPSA) is 47.6 Å². The van der Waals surface area contributed by atoms with E-state index in [9.17, 15) is 4.79 Å². The lowest BCUT2D eigenvalue weighted by atomic mass is 10.1. The molecule has 25 heavy (non-hydrogen) atoms. The van der Waals surface area contributed by atoms with Crippen molar-refractivity contribution in [3.63, 3.8) is 0 Å². The first-order valence-corrected chi connectivity index (χ1v) is 8.27. The minimum absolute atomic E-state index is 0.0000672. The molecule has 0 aromatic heterocycles. The molecule has 3 rings (SSSR count). The highest BCUT2D eigenvalue weighted by molar-refractivity contribution is 5.88. The number of nitrogens with one attached hydrogen (secondary N) is 1. The van der Waals surface area contributed by atoms with Gasteiger partial charge in [-0.15, -0.1) is 0 Å². The lowest BCUT2D eigenvalue weighted by molar-refractivity contribution is -0.123. The minimum Gasteiger partial charge on any atom is -0.496 e. The van der Waals surface area contributed by atoms with Gasteiger partial charge in [-0.3, -0.25) is 4.79 Å². The predicted octanol–water partition coefficient (Wildman–Crippen LogP) is 3.59. The van der Waals surface area contributed by atoms with Crippen LogP contribution in [-0.2, 0) is 11.2 Å². The Morgan fingerprint density at radius 3 is 2.52 bits per heavy atom. The summed E-state index contributed by atoms with van der Waals surface area (Å²) in [7, 11) is 1.65. The van der Waals surface area contributed by atoms with E-state index in [0.29, 0.717) is 13.0 Å². The number of carbonyl (C=O) groups excluding carboxylic acids is 1. The van der Waals surface area contributed by atoms with Crippen molar-refractivity contribution in [3.05, 3.63) is 72.3 Å². The Bertz CT molecular complexity index is 855. The quantitative estimate of drug-likeness (QED) is 0.718. The first-order chi connectivity index (χ1) is 12.3. The Labute approximate surface area is 147 Å². The second kappa shape index (κ2) is 8.20. The molecule has 4 heteroatoms. The Morgan fingerprint density at radius 2 is 1.64 bits per heavy atom. The van der Waals surface area contributed by atoms with Gasteiger partial charge in [0.2, 0.25) is 0 Å². The van der Waals surface area contributed by atoms with Crippen LogP contribution in [0.2, 0.25) is 0 Å². The predicted molar refractivity (Wildman–Crippen MR) is 99.2 cm³/mol. The van der Waals surface area contributed by atoms with Crippen LogP contribution in [-0.4, -0.2) is 26.2 Å². The first kappa shape index (κ1) is 16.8. The standard InChI is InChI=1S/C21H21NO3/c1-24-19-11-5-3-8-17(19)13-14-22-21(23)15-25-20-12-6-9-16-7-2-4-10-18(16)20/h2-12H,13-15H2,1H3,(H,22,23). The summed E-state index contributed by atoms with van der Waals surface area (Å²) in [5.41, 5.74) is 1.07. The number of benzene rings is 3. The molecule has 4 nitrogen and oxygen atoms in total. The Morgan fingerprint density at radius 1 is 0.920 bits per heavy atom.